The molecular weight excluding hydrogens is 162 g/mol. The first-order valence-corrected chi connectivity index (χ1v) is 5.42. The van der Waals surface area contributed by atoms with Crippen LogP contribution in [-0.2, 0) is 4.74 Å². The second-order valence-electron chi connectivity index (χ2n) is 5.33. The first-order valence-electron chi connectivity index (χ1n) is 5.42. The van der Waals surface area contributed by atoms with Gasteiger partial charge in [-0.2, -0.15) is 0 Å². The van der Waals surface area contributed by atoms with Crippen molar-refractivity contribution in [3.63, 3.8) is 0 Å². The summed E-state index contributed by atoms with van der Waals surface area (Å²) in [4.78, 5) is 2.52. The quantitative estimate of drug-likeness (QED) is 0.650. The smallest absolute Gasteiger partial charge is 0.114 e. The van der Waals surface area contributed by atoms with Crippen LogP contribution < -0.4 is 0 Å². The number of hydrogen-bond donors (Lipinski definition) is 0. The Morgan fingerprint density at radius 3 is 2.62 bits per heavy atom. The molecule has 0 aromatic heterocycles. The molecule has 0 N–H and O–H groups in total. The topological polar surface area (TPSA) is 12.5 Å². The van der Waals surface area contributed by atoms with Crippen molar-refractivity contribution in [1.82, 2.24) is 4.90 Å². The number of hydrogen-bond acceptors (Lipinski definition) is 2. The molecule has 13 heavy (non-hydrogen) atoms. The molecule has 0 spiro atoms. The summed E-state index contributed by atoms with van der Waals surface area (Å²) in [6.07, 6.45) is 1.81. The number of fused-ring (bicyclic) bond motifs is 1. The van der Waals surface area contributed by atoms with Gasteiger partial charge in [-0.3, -0.25) is 4.90 Å². The third-order valence-corrected chi connectivity index (χ3v) is 3.28. The Bertz CT molecular complexity index is 197. The van der Waals surface area contributed by atoms with Crippen LogP contribution in [0.15, 0.2) is 0 Å². The molecule has 1 saturated carbocycles. The highest BCUT2D eigenvalue weighted by molar-refractivity contribution is 5.03. The molecule has 0 aromatic rings. The zero-order chi connectivity index (χ0) is 9.64. The Balaban J connectivity index is 2.03. The van der Waals surface area contributed by atoms with E-state index >= 15 is 0 Å². The summed E-state index contributed by atoms with van der Waals surface area (Å²) in [5.41, 5.74) is 0.271. The van der Waals surface area contributed by atoms with Gasteiger partial charge in [-0.1, -0.05) is 0 Å². The van der Waals surface area contributed by atoms with Crippen molar-refractivity contribution in [2.75, 3.05) is 13.2 Å². The average Bonchev–Trinajstić information content (AvgIpc) is 2.68. The summed E-state index contributed by atoms with van der Waals surface area (Å²) >= 11 is 0. The summed E-state index contributed by atoms with van der Waals surface area (Å²) in [7, 11) is 0. The lowest BCUT2D eigenvalue weighted by atomic mass is 10.1. The third-order valence-electron chi connectivity index (χ3n) is 3.28. The molecule has 1 saturated heterocycles. The highest BCUT2D eigenvalue weighted by Crippen LogP contribution is 2.51. The van der Waals surface area contributed by atoms with Crippen molar-refractivity contribution >= 4 is 0 Å². The highest BCUT2D eigenvalue weighted by Gasteiger charge is 2.55. The molecule has 2 rings (SSSR count). The van der Waals surface area contributed by atoms with Crippen molar-refractivity contribution in [2.24, 2.45) is 11.8 Å². The van der Waals surface area contributed by atoms with Gasteiger partial charge in [-0.25, -0.2) is 0 Å². The lowest BCUT2D eigenvalue weighted by Crippen LogP contribution is -2.47. The number of rotatable bonds is 2. The minimum Gasteiger partial charge on any atom is -0.363 e. The second kappa shape index (κ2) is 2.96. The van der Waals surface area contributed by atoms with Gasteiger partial charge >= 0.3 is 0 Å². The van der Waals surface area contributed by atoms with E-state index in [2.05, 4.69) is 32.6 Å². The first-order chi connectivity index (χ1) is 6.04. The maximum atomic E-state index is 5.82. The molecule has 3 atom stereocenters. The fourth-order valence-electron chi connectivity index (χ4n) is 2.46. The van der Waals surface area contributed by atoms with E-state index in [0.29, 0.717) is 6.23 Å². The van der Waals surface area contributed by atoms with Gasteiger partial charge in [-0.15, -0.1) is 0 Å². The Labute approximate surface area is 81.3 Å². The minimum atomic E-state index is 0.271. The van der Waals surface area contributed by atoms with E-state index in [-0.39, 0.29) is 5.54 Å². The van der Waals surface area contributed by atoms with Gasteiger partial charge in [0.2, 0.25) is 0 Å². The minimum absolute atomic E-state index is 0.271. The molecule has 76 valence electrons. The van der Waals surface area contributed by atoms with E-state index in [9.17, 15) is 0 Å². The van der Waals surface area contributed by atoms with Crippen LogP contribution >= 0.6 is 0 Å². The van der Waals surface area contributed by atoms with Crippen LogP contribution in [0, 0.1) is 11.8 Å². The molecule has 2 aliphatic rings. The predicted octanol–water partition coefficient (Wildman–Crippen LogP) is 2.10. The van der Waals surface area contributed by atoms with E-state index in [1.165, 1.54) is 13.0 Å². The molecule has 1 aliphatic carbocycles. The third kappa shape index (κ3) is 1.62. The predicted molar refractivity (Wildman–Crippen MR) is 53.5 cm³/mol. The second-order valence-corrected chi connectivity index (χ2v) is 5.33. The summed E-state index contributed by atoms with van der Waals surface area (Å²) in [5.74, 6) is 1.79. The van der Waals surface area contributed by atoms with Crippen molar-refractivity contribution in [3.05, 3.63) is 0 Å². The molecule has 2 fully saturated rings. The molecule has 0 aromatic carbocycles. The number of likely N-dealkylation sites (tertiary alicyclic amines) is 1. The SMILES string of the molecule is CCOC1C2CC2CN1C(C)(C)C. The first kappa shape index (κ1) is 9.47. The van der Waals surface area contributed by atoms with Crippen molar-refractivity contribution in [2.45, 2.75) is 45.9 Å². The van der Waals surface area contributed by atoms with E-state index in [1.54, 1.807) is 0 Å². The zero-order valence-electron chi connectivity index (χ0n) is 9.21. The summed E-state index contributed by atoms with van der Waals surface area (Å²) in [5, 5.41) is 0. The summed E-state index contributed by atoms with van der Waals surface area (Å²) < 4.78 is 5.82. The van der Waals surface area contributed by atoms with Gasteiger partial charge in [0.15, 0.2) is 0 Å². The Morgan fingerprint density at radius 2 is 2.08 bits per heavy atom. The van der Waals surface area contributed by atoms with E-state index < -0.39 is 0 Å². The Hall–Kier alpha value is -0.0800. The van der Waals surface area contributed by atoms with Gasteiger partial charge in [-0.05, 0) is 40.0 Å². The van der Waals surface area contributed by atoms with Gasteiger partial charge in [0.1, 0.15) is 6.23 Å². The van der Waals surface area contributed by atoms with Gasteiger partial charge in [0, 0.05) is 24.6 Å². The lowest BCUT2D eigenvalue weighted by molar-refractivity contribution is -0.0842. The van der Waals surface area contributed by atoms with Crippen LogP contribution in [0.5, 0.6) is 0 Å². The van der Waals surface area contributed by atoms with E-state index in [1.807, 2.05) is 0 Å². The monoisotopic (exact) mass is 183 g/mol. The molecule has 2 heteroatoms. The number of piperidine rings is 1. The average molecular weight is 183 g/mol. The van der Waals surface area contributed by atoms with Crippen LogP contribution in [0.4, 0.5) is 0 Å². The van der Waals surface area contributed by atoms with Crippen LogP contribution in [-0.4, -0.2) is 29.8 Å². The lowest BCUT2D eigenvalue weighted by Gasteiger charge is -2.38. The van der Waals surface area contributed by atoms with Crippen molar-refractivity contribution in [1.29, 1.82) is 0 Å². The summed E-state index contributed by atoms with van der Waals surface area (Å²) in [6, 6.07) is 0. The number of nitrogens with zero attached hydrogens (tertiary/aromatic N) is 1. The maximum Gasteiger partial charge on any atom is 0.114 e. The van der Waals surface area contributed by atoms with Gasteiger partial charge < -0.3 is 4.74 Å². The van der Waals surface area contributed by atoms with Crippen molar-refractivity contribution in [3.8, 4) is 0 Å². The fourth-order valence-corrected chi connectivity index (χ4v) is 2.46. The summed E-state index contributed by atoms with van der Waals surface area (Å²) in [6.45, 7) is 11.0. The van der Waals surface area contributed by atoms with Gasteiger partial charge in [0.05, 0.1) is 0 Å². The molecule has 1 aliphatic heterocycles. The van der Waals surface area contributed by atoms with Crippen molar-refractivity contribution < 1.29 is 4.74 Å². The normalized spacial score (nSPS) is 39.2. The molecule has 1 heterocycles. The van der Waals surface area contributed by atoms with Crippen LogP contribution in [0.1, 0.15) is 34.1 Å². The van der Waals surface area contributed by atoms with E-state index in [4.69, 9.17) is 4.74 Å². The fraction of sp³-hybridized carbons (Fsp3) is 1.00. The van der Waals surface area contributed by atoms with Crippen LogP contribution in [0.25, 0.3) is 0 Å². The molecule has 0 amide bonds. The number of ether oxygens (including phenoxy) is 1. The highest BCUT2D eigenvalue weighted by atomic mass is 16.5. The molecule has 3 unspecified atom stereocenters. The van der Waals surface area contributed by atoms with Crippen LogP contribution in [0.2, 0.25) is 0 Å². The standard InChI is InChI=1S/C11H21NO/c1-5-13-10-9-6-8(9)7-12(10)11(2,3)4/h8-10H,5-7H2,1-4H3. The molecule has 0 bridgehead atoms. The Morgan fingerprint density at radius 1 is 1.38 bits per heavy atom. The zero-order valence-corrected chi connectivity index (χ0v) is 9.21. The molecular formula is C11H21NO. The Kier molecular flexibility index (Phi) is 2.16. The van der Waals surface area contributed by atoms with Gasteiger partial charge in [0.25, 0.3) is 0 Å². The largest absolute Gasteiger partial charge is 0.363 e. The van der Waals surface area contributed by atoms with Crippen LogP contribution in [0.3, 0.4) is 0 Å². The maximum absolute atomic E-state index is 5.82. The molecule has 0 radical (unpaired) electrons. The van der Waals surface area contributed by atoms with E-state index in [0.717, 1.165) is 18.4 Å². The molecule has 2 nitrogen and oxygen atoms in total.